The molecule has 0 N–H and O–H groups in total. The predicted octanol–water partition coefficient (Wildman–Crippen LogP) is 9.01. The fraction of sp³-hybridized carbons (Fsp3) is 0.636. The third-order valence-corrected chi connectivity index (χ3v) is 11.3. The van der Waals surface area contributed by atoms with Crippen molar-refractivity contribution in [2.75, 3.05) is 14.2 Å². The Bertz CT molecular complexity index is 1050. The van der Waals surface area contributed by atoms with E-state index in [4.69, 9.17) is 9.47 Å². The molecule has 4 fully saturated rings. The lowest BCUT2D eigenvalue weighted by Crippen LogP contribution is -2.48. The summed E-state index contributed by atoms with van der Waals surface area (Å²) in [4.78, 5) is 0. The lowest BCUT2D eigenvalue weighted by molar-refractivity contribution is 0.0372. The lowest BCUT2D eigenvalue weighted by atomic mass is 9.56. The first-order valence-electron chi connectivity index (χ1n) is 14.4. The van der Waals surface area contributed by atoms with Gasteiger partial charge in [0.2, 0.25) is 0 Å². The molecule has 6 rings (SSSR count). The Balaban J connectivity index is 1.74. The van der Waals surface area contributed by atoms with E-state index in [0.29, 0.717) is 22.9 Å². The zero-order chi connectivity index (χ0) is 25.8. The number of hydrogen-bond donors (Lipinski definition) is 0. The van der Waals surface area contributed by atoms with Crippen molar-refractivity contribution in [1.29, 1.82) is 0 Å². The van der Waals surface area contributed by atoms with E-state index in [-0.39, 0.29) is 0 Å². The summed E-state index contributed by atoms with van der Waals surface area (Å²) in [6, 6.07) is 9.27. The van der Waals surface area contributed by atoms with Crippen LogP contribution in [0.5, 0.6) is 11.5 Å². The number of ether oxygens (including phenoxy) is 2. The predicted molar refractivity (Wildman–Crippen MR) is 156 cm³/mol. The molecule has 0 spiro atoms. The minimum Gasteiger partial charge on any atom is -0.496 e. The van der Waals surface area contributed by atoms with Gasteiger partial charge in [-0.3, -0.25) is 0 Å². The molecule has 4 aliphatic rings. The fourth-order valence-electron chi connectivity index (χ4n) is 8.05. The summed E-state index contributed by atoms with van der Waals surface area (Å²) < 4.78 is 12.3. The summed E-state index contributed by atoms with van der Waals surface area (Å²) in [5.41, 5.74) is 7.07. The third kappa shape index (κ3) is 4.62. The second kappa shape index (κ2) is 9.98. The van der Waals surface area contributed by atoms with Crippen LogP contribution < -0.4 is 14.8 Å². The van der Waals surface area contributed by atoms with Gasteiger partial charge in [0.15, 0.2) is 0 Å². The maximum absolute atomic E-state index is 6.16. The number of methoxy groups -OCH3 is 2. The van der Waals surface area contributed by atoms with Crippen LogP contribution in [-0.2, 0) is 0 Å². The topological polar surface area (TPSA) is 18.5 Å². The largest absolute Gasteiger partial charge is 0.496 e. The summed E-state index contributed by atoms with van der Waals surface area (Å²) >= 11 is 0. The molecule has 0 aromatic heterocycles. The molecule has 0 amide bonds. The number of benzene rings is 2. The molecule has 3 heteroatoms. The quantitative estimate of drug-likeness (QED) is 0.333. The highest BCUT2D eigenvalue weighted by Crippen LogP contribution is 2.63. The van der Waals surface area contributed by atoms with Crippen LogP contribution in [0.3, 0.4) is 0 Å². The van der Waals surface area contributed by atoms with E-state index in [2.05, 4.69) is 65.8 Å². The van der Waals surface area contributed by atoms with Crippen molar-refractivity contribution in [1.82, 2.24) is 0 Å². The van der Waals surface area contributed by atoms with Crippen LogP contribution in [0.2, 0.25) is 0 Å². The van der Waals surface area contributed by atoms with E-state index < -0.39 is 0 Å². The van der Waals surface area contributed by atoms with Gasteiger partial charge in [-0.15, -0.1) is 0 Å². The van der Waals surface area contributed by atoms with Crippen LogP contribution in [0, 0.1) is 17.8 Å². The van der Waals surface area contributed by atoms with Crippen molar-refractivity contribution in [3.63, 3.8) is 0 Å². The van der Waals surface area contributed by atoms with Crippen LogP contribution in [0.1, 0.15) is 115 Å². The van der Waals surface area contributed by atoms with E-state index in [1.54, 1.807) is 0 Å². The van der Waals surface area contributed by atoms with Gasteiger partial charge in [0, 0.05) is 10.9 Å². The Kier molecular flexibility index (Phi) is 7.23. The molecule has 1 unspecified atom stereocenters. The molecule has 2 aromatic rings. The van der Waals surface area contributed by atoms with Gasteiger partial charge in [-0.1, -0.05) is 62.3 Å². The molecule has 0 saturated heterocycles. The van der Waals surface area contributed by atoms with Crippen molar-refractivity contribution < 1.29 is 9.47 Å². The highest BCUT2D eigenvalue weighted by molar-refractivity contribution is 7.49. The normalized spacial score (nSPS) is 27.2. The number of hydrogen-bond acceptors (Lipinski definition) is 2. The first-order chi connectivity index (χ1) is 17.1. The van der Waals surface area contributed by atoms with E-state index in [1.807, 2.05) is 14.2 Å². The minimum atomic E-state index is 0.433. The fourth-order valence-corrected chi connectivity index (χ4v) is 10.4. The highest BCUT2D eigenvalue weighted by Gasteiger charge is 2.51. The van der Waals surface area contributed by atoms with Crippen LogP contribution in [0.15, 0.2) is 24.3 Å². The van der Waals surface area contributed by atoms with Gasteiger partial charge in [0.05, 0.1) is 14.2 Å². The standard InChI is InChI=1S/C33H47O2P/c1-19(2)25-14-26(20(3)4)30(27(15-25)21(5)6)31-28(34-7)9-10-29(35-8)32(31)36-33-16-22-11-23(17-33)13-24(12-22)18-33/h9-10,14-15,19-24,36H,11-13,16-18H2,1-8H3. The average Bonchev–Trinajstić information content (AvgIpc) is 2.81. The summed E-state index contributed by atoms with van der Waals surface area (Å²) in [6.07, 6.45) is 8.69. The molecule has 4 bridgehead atoms. The maximum Gasteiger partial charge on any atom is 0.127 e. The Morgan fingerprint density at radius 1 is 0.694 bits per heavy atom. The monoisotopic (exact) mass is 506 g/mol. The molecule has 4 saturated carbocycles. The van der Waals surface area contributed by atoms with Crippen LogP contribution in [0.25, 0.3) is 11.1 Å². The number of rotatable bonds is 8. The highest BCUT2D eigenvalue weighted by atomic mass is 31.1. The maximum atomic E-state index is 6.16. The van der Waals surface area contributed by atoms with Gasteiger partial charge >= 0.3 is 0 Å². The van der Waals surface area contributed by atoms with Crippen LogP contribution in [-0.4, -0.2) is 19.4 Å². The molecule has 2 nitrogen and oxygen atoms in total. The summed E-state index contributed by atoms with van der Waals surface area (Å²) in [7, 11) is 4.47. The van der Waals surface area contributed by atoms with Gasteiger partial charge in [0.1, 0.15) is 11.5 Å². The summed E-state index contributed by atoms with van der Waals surface area (Å²) in [6.45, 7) is 14.0. The van der Waals surface area contributed by atoms with Gasteiger partial charge in [-0.2, -0.15) is 0 Å². The molecule has 1 atom stereocenters. The zero-order valence-corrected chi connectivity index (χ0v) is 24.8. The second-order valence-electron chi connectivity index (χ2n) is 13.1. The Morgan fingerprint density at radius 2 is 1.17 bits per heavy atom. The first kappa shape index (κ1) is 26.1. The van der Waals surface area contributed by atoms with Crippen LogP contribution >= 0.6 is 8.58 Å². The molecule has 0 aliphatic heterocycles. The van der Waals surface area contributed by atoms with Crippen LogP contribution in [0.4, 0.5) is 0 Å². The van der Waals surface area contributed by atoms with E-state index >= 15 is 0 Å². The van der Waals surface area contributed by atoms with Crippen molar-refractivity contribution in [3.8, 4) is 22.6 Å². The molecular weight excluding hydrogens is 459 g/mol. The third-order valence-electron chi connectivity index (χ3n) is 9.38. The van der Waals surface area contributed by atoms with E-state index in [0.717, 1.165) is 37.8 Å². The molecular formula is C33H47O2P. The molecule has 0 radical (unpaired) electrons. The minimum absolute atomic E-state index is 0.433. The van der Waals surface area contributed by atoms with E-state index in [1.165, 1.54) is 71.6 Å². The average molecular weight is 507 g/mol. The van der Waals surface area contributed by atoms with E-state index in [9.17, 15) is 0 Å². The zero-order valence-electron chi connectivity index (χ0n) is 23.8. The van der Waals surface area contributed by atoms with Crippen molar-refractivity contribution >= 4 is 13.9 Å². The van der Waals surface area contributed by atoms with Gasteiger partial charge in [-0.25, -0.2) is 0 Å². The van der Waals surface area contributed by atoms with Crippen molar-refractivity contribution in [2.24, 2.45) is 17.8 Å². The molecule has 2 aromatic carbocycles. The Labute approximate surface area is 221 Å². The summed E-state index contributed by atoms with van der Waals surface area (Å²) in [5, 5.41) is 1.87. The lowest BCUT2D eigenvalue weighted by Gasteiger charge is -2.57. The van der Waals surface area contributed by atoms with Gasteiger partial charge in [0.25, 0.3) is 0 Å². The summed E-state index contributed by atoms with van der Waals surface area (Å²) in [5.74, 6) is 6.28. The SMILES string of the molecule is COc1ccc(OC)c(-c2c(C(C)C)cc(C(C)C)cc2C(C)C)c1PC12CC3CC(CC(C3)C1)C2. The van der Waals surface area contributed by atoms with Gasteiger partial charge < -0.3 is 9.47 Å². The first-order valence-corrected chi connectivity index (χ1v) is 15.4. The second-order valence-corrected chi connectivity index (χ2v) is 14.9. The van der Waals surface area contributed by atoms with Gasteiger partial charge in [-0.05, 0) is 114 Å². The molecule has 0 heterocycles. The van der Waals surface area contributed by atoms with Crippen molar-refractivity contribution in [2.45, 2.75) is 103 Å². The van der Waals surface area contributed by atoms with Crippen molar-refractivity contribution in [3.05, 3.63) is 41.0 Å². The molecule has 36 heavy (non-hydrogen) atoms. The molecule has 196 valence electrons. The Morgan fingerprint density at radius 3 is 1.58 bits per heavy atom. The molecule has 4 aliphatic carbocycles. The smallest absolute Gasteiger partial charge is 0.127 e. The Hall–Kier alpha value is -1.53.